The van der Waals surface area contributed by atoms with E-state index in [1.165, 1.54) is 25.7 Å². The minimum absolute atomic E-state index is 0.0298. The molecule has 4 N–H and O–H groups in total. The number of nitrogens with two attached hydrogens (primary N) is 1. The third kappa shape index (κ3) is 4.12. The summed E-state index contributed by atoms with van der Waals surface area (Å²) in [5.74, 6) is 1.89. The van der Waals surface area contributed by atoms with E-state index in [1.807, 2.05) is 6.07 Å². The van der Waals surface area contributed by atoms with Gasteiger partial charge in [-0.15, -0.1) is 0 Å². The third-order valence-corrected chi connectivity index (χ3v) is 6.55. The molecule has 0 bridgehead atoms. The first kappa shape index (κ1) is 19.4. The van der Waals surface area contributed by atoms with Crippen molar-refractivity contribution >= 4 is 11.7 Å². The van der Waals surface area contributed by atoms with E-state index in [1.54, 1.807) is 0 Å². The fourth-order valence-corrected chi connectivity index (χ4v) is 4.42. The van der Waals surface area contributed by atoms with Gasteiger partial charge in [0.1, 0.15) is 0 Å². The van der Waals surface area contributed by atoms with E-state index in [4.69, 9.17) is 10.5 Å². The zero-order valence-electron chi connectivity index (χ0n) is 16.4. The van der Waals surface area contributed by atoms with Crippen LogP contribution in [0.1, 0.15) is 70.9 Å². The van der Waals surface area contributed by atoms with Crippen molar-refractivity contribution in [3.05, 3.63) is 11.8 Å². The number of aromatic amines is 1. The minimum atomic E-state index is -0.526. The Balaban J connectivity index is 1.59. The molecule has 1 aromatic rings. The highest BCUT2D eigenvalue weighted by molar-refractivity contribution is 5.94. The first-order chi connectivity index (χ1) is 12.3. The normalized spacial score (nSPS) is 26.5. The summed E-state index contributed by atoms with van der Waals surface area (Å²) in [6, 6.07) is 2.00. The lowest BCUT2D eigenvalue weighted by Crippen LogP contribution is -2.46. The molecule has 26 heavy (non-hydrogen) atoms. The maximum atomic E-state index is 12.8. The minimum Gasteiger partial charge on any atom is -0.381 e. The van der Waals surface area contributed by atoms with Crippen molar-refractivity contribution in [2.45, 2.75) is 65.2 Å². The van der Waals surface area contributed by atoms with E-state index in [0.717, 1.165) is 11.6 Å². The van der Waals surface area contributed by atoms with E-state index in [-0.39, 0.29) is 5.91 Å². The Morgan fingerprint density at radius 3 is 2.54 bits per heavy atom. The van der Waals surface area contributed by atoms with Crippen LogP contribution in [0, 0.1) is 16.7 Å². The number of nitrogens with one attached hydrogen (secondary N) is 2. The lowest BCUT2D eigenvalue weighted by Gasteiger charge is -2.36. The topological polar surface area (TPSA) is 93.0 Å². The molecule has 0 unspecified atom stereocenters. The van der Waals surface area contributed by atoms with Gasteiger partial charge in [-0.25, -0.2) is 0 Å². The van der Waals surface area contributed by atoms with E-state index in [9.17, 15) is 4.79 Å². The molecule has 0 spiro atoms. The van der Waals surface area contributed by atoms with Gasteiger partial charge in [0, 0.05) is 37.4 Å². The molecule has 3 rings (SSSR count). The molecule has 2 heterocycles. The van der Waals surface area contributed by atoms with E-state index in [0.29, 0.717) is 49.8 Å². The number of aromatic nitrogens is 2. The number of ether oxygens (including phenoxy) is 1. The molecule has 1 aromatic heterocycles. The van der Waals surface area contributed by atoms with Crippen LogP contribution in [0.4, 0.5) is 5.82 Å². The van der Waals surface area contributed by atoms with Gasteiger partial charge < -0.3 is 15.8 Å². The van der Waals surface area contributed by atoms with Gasteiger partial charge in [0.2, 0.25) is 5.91 Å². The first-order valence-corrected chi connectivity index (χ1v) is 9.99. The van der Waals surface area contributed by atoms with Crippen molar-refractivity contribution in [1.29, 1.82) is 0 Å². The number of H-pyrrole nitrogens is 1. The number of amides is 1. The van der Waals surface area contributed by atoms with Gasteiger partial charge in [-0.3, -0.25) is 9.89 Å². The van der Waals surface area contributed by atoms with Crippen molar-refractivity contribution < 1.29 is 9.53 Å². The highest BCUT2D eigenvalue weighted by Crippen LogP contribution is 2.43. The predicted molar refractivity (Wildman–Crippen MR) is 103 cm³/mol. The van der Waals surface area contributed by atoms with Crippen LogP contribution < -0.4 is 11.1 Å². The summed E-state index contributed by atoms with van der Waals surface area (Å²) >= 11 is 0. The molecule has 6 nitrogen and oxygen atoms in total. The lowest BCUT2D eigenvalue weighted by atomic mass is 9.69. The molecule has 1 amide bonds. The molecule has 0 aromatic carbocycles. The van der Waals surface area contributed by atoms with Gasteiger partial charge in [0.25, 0.3) is 0 Å². The van der Waals surface area contributed by atoms with E-state index < -0.39 is 5.41 Å². The highest BCUT2D eigenvalue weighted by Gasteiger charge is 2.39. The lowest BCUT2D eigenvalue weighted by molar-refractivity contribution is -0.130. The van der Waals surface area contributed by atoms with Crippen LogP contribution in [0.15, 0.2) is 6.07 Å². The highest BCUT2D eigenvalue weighted by atomic mass is 16.5. The second-order valence-electron chi connectivity index (χ2n) is 9.17. The molecule has 1 aliphatic heterocycles. The summed E-state index contributed by atoms with van der Waals surface area (Å²) in [4.78, 5) is 12.8. The quantitative estimate of drug-likeness (QED) is 0.765. The summed E-state index contributed by atoms with van der Waals surface area (Å²) in [5.41, 5.74) is 6.92. The van der Waals surface area contributed by atoms with Crippen LogP contribution in [0.3, 0.4) is 0 Å². The van der Waals surface area contributed by atoms with E-state index >= 15 is 0 Å². The summed E-state index contributed by atoms with van der Waals surface area (Å²) in [7, 11) is 0. The Kier molecular flexibility index (Phi) is 5.72. The standard InChI is InChI=1S/C20H34N4O2/c1-19(2,3)15-6-4-14(5-7-15)16-12-17(24-23-16)22-18(25)20(13-21)8-10-26-11-9-20/h12,14-15H,4-11,13,21H2,1-3H3,(H2,22,23,24,25). The number of rotatable bonds is 4. The fraction of sp³-hybridized carbons (Fsp3) is 0.800. The third-order valence-electron chi connectivity index (χ3n) is 6.55. The fourth-order valence-electron chi connectivity index (χ4n) is 4.42. The molecule has 1 saturated heterocycles. The summed E-state index contributed by atoms with van der Waals surface area (Å²) < 4.78 is 5.39. The molecule has 146 valence electrons. The van der Waals surface area contributed by atoms with Crippen LogP contribution in [0.2, 0.25) is 0 Å². The Morgan fingerprint density at radius 2 is 1.96 bits per heavy atom. The van der Waals surface area contributed by atoms with Gasteiger partial charge in [-0.2, -0.15) is 5.10 Å². The Labute approximate surface area is 156 Å². The van der Waals surface area contributed by atoms with Crippen molar-refractivity contribution in [2.24, 2.45) is 22.5 Å². The predicted octanol–water partition coefficient (Wildman–Crippen LogP) is 3.42. The summed E-state index contributed by atoms with van der Waals surface area (Å²) in [6.07, 6.45) is 6.21. The molecular weight excluding hydrogens is 328 g/mol. The smallest absolute Gasteiger partial charge is 0.233 e. The van der Waals surface area contributed by atoms with Crippen LogP contribution in [-0.2, 0) is 9.53 Å². The second kappa shape index (κ2) is 7.69. The van der Waals surface area contributed by atoms with Crippen molar-refractivity contribution in [1.82, 2.24) is 10.2 Å². The van der Waals surface area contributed by atoms with Crippen molar-refractivity contribution in [3.8, 4) is 0 Å². The summed E-state index contributed by atoms with van der Waals surface area (Å²) in [6.45, 7) is 8.54. The van der Waals surface area contributed by atoms with Gasteiger partial charge >= 0.3 is 0 Å². The van der Waals surface area contributed by atoms with Gasteiger partial charge in [0.15, 0.2) is 5.82 Å². The van der Waals surface area contributed by atoms with Gasteiger partial charge in [-0.05, 0) is 49.9 Å². The molecule has 2 fully saturated rings. The summed E-state index contributed by atoms with van der Waals surface area (Å²) in [5, 5.41) is 10.5. The van der Waals surface area contributed by atoms with Crippen LogP contribution in [0.5, 0.6) is 0 Å². The molecule has 1 aliphatic carbocycles. The molecule has 0 radical (unpaired) electrons. The maximum absolute atomic E-state index is 12.8. The molecule has 1 saturated carbocycles. The Morgan fingerprint density at radius 1 is 1.31 bits per heavy atom. The second-order valence-corrected chi connectivity index (χ2v) is 9.17. The number of hydrogen-bond acceptors (Lipinski definition) is 4. The van der Waals surface area contributed by atoms with Crippen LogP contribution in [0.25, 0.3) is 0 Å². The number of anilines is 1. The zero-order valence-corrected chi connectivity index (χ0v) is 16.4. The number of carbonyl (C=O) groups excluding carboxylic acids is 1. The average molecular weight is 363 g/mol. The van der Waals surface area contributed by atoms with Gasteiger partial charge in [-0.1, -0.05) is 20.8 Å². The number of carbonyl (C=O) groups is 1. The maximum Gasteiger partial charge on any atom is 0.233 e. The van der Waals surface area contributed by atoms with E-state index in [2.05, 4.69) is 36.3 Å². The zero-order chi connectivity index (χ0) is 18.8. The molecule has 0 atom stereocenters. The number of hydrogen-bond donors (Lipinski definition) is 3. The average Bonchev–Trinajstić information content (AvgIpc) is 3.10. The first-order valence-electron chi connectivity index (χ1n) is 9.99. The van der Waals surface area contributed by atoms with Crippen molar-refractivity contribution in [2.75, 3.05) is 25.1 Å². The largest absolute Gasteiger partial charge is 0.381 e. The Hall–Kier alpha value is -1.40. The van der Waals surface area contributed by atoms with Crippen molar-refractivity contribution in [3.63, 3.8) is 0 Å². The number of nitrogens with zero attached hydrogens (tertiary/aromatic N) is 1. The monoisotopic (exact) mass is 362 g/mol. The van der Waals surface area contributed by atoms with Crippen LogP contribution >= 0.6 is 0 Å². The molecule has 6 heteroatoms. The molecular formula is C20H34N4O2. The SMILES string of the molecule is CC(C)(C)C1CCC(c2cc(NC(=O)C3(CN)CCOCC3)n[nH]2)CC1. The van der Waals surface area contributed by atoms with Gasteiger partial charge in [0.05, 0.1) is 5.41 Å². The van der Waals surface area contributed by atoms with Crippen LogP contribution in [-0.4, -0.2) is 35.9 Å². The Bertz CT molecular complexity index is 606. The molecule has 2 aliphatic rings.